The highest BCUT2D eigenvalue weighted by Crippen LogP contribution is 2.17. The van der Waals surface area contributed by atoms with E-state index in [9.17, 15) is 4.79 Å². The number of hydrogen-bond donors (Lipinski definition) is 1. The van der Waals surface area contributed by atoms with E-state index in [4.69, 9.17) is 5.26 Å². The highest BCUT2D eigenvalue weighted by molar-refractivity contribution is 5.94. The number of carbonyl (C=O) groups is 1. The summed E-state index contributed by atoms with van der Waals surface area (Å²) in [7, 11) is 0. The molecule has 0 spiro atoms. The Bertz CT molecular complexity index is 438. The van der Waals surface area contributed by atoms with E-state index in [1.807, 2.05) is 52.0 Å². The number of nitrogens with one attached hydrogen (secondary N) is 1. The largest absolute Gasteiger partial charge is 0.325 e. The van der Waals surface area contributed by atoms with Gasteiger partial charge in [0.25, 0.3) is 0 Å². The lowest BCUT2D eigenvalue weighted by molar-refractivity contribution is -0.119. The number of anilines is 1. The van der Waals surface area contributed by atoms with E-state index in [0.717, 1.165) is 16.8 Å². The Kier molecular flexibility index (Phi) is 4.28. The van der Waals surface area contributed by atoms with E-state index in [2.05, 4.69) is 5.32 Å². The van der Waals surface area contributed by atoms with Crippen LogP contribution in [0, 0.1) is 37.0 Å². The molecule has 0 aliphatic rings. The Morgan fingerprint density at radius 1 is 1.24 bits per heavy atom. The van der Waals surface area contributed by atoms with Crippen LogP contribution in [0.25, 0.3) is 0 Å². The molecule has 1 unspecified atom stereocenters. The number of benzene rings is 1. The van der Waals surface area contributed by atoms with Gasteiger partial charge in [0.05, 0.1) is 6.07 Å². The zero-order valence-corrected chi connectivity index (χ0v) is 10.7. The van der Waals surface area contributed by atoms with Crippen LogP contribution in [0.3, 0.4) is 0 Å². The molecule has 0 saturated carbocycles. The van der Waals surface area contributed by atoms with Gasteiger partial charge < -0.3 is 5.32 Å². The van der Waals surface area contributed by atoms with Crippen LogP contribution in [0.4, 0.5) is 5.69 Å². The van der Waals surface area contributed by atoms with Crippen molar-refractivity contribution in [2.24, 2.45) is 11.8 Å². The molecule has 3 heteroatoms. The maximum absolute atomic E-state index is 11.9. The maximum atomic E-state index is 11.9. The van der Waals surface area contributed by atoms with E-state index in [-0.39, 0.29) is 11.8 Å². The molecule has 1 rings (SSSR count). The minimum Gasteiger partial charge on any atom is -0.325 e. The van der Waals surface area contributed by atoms with Crippen LogP contribution in [0.15, 0.2) is 18.2 Å². The van der Waals surface area contributed by atoms with Crippen LogP contribution in [0.1, 0.15) is 25.0 Å². The zero-order chi connectivity index (χ0) is 13.0. The van der Waals surface area contributed by atoms with Gasteiger partial charge in [-0.2, -0.15) is 5.26 Å². The quantitative estimate of drug-likeness (QED) is 0.867. The minimum absolute atomic E-state index is 0.0194. The molecule has 90 valence electrons. The van der Waals surface area contributed by atoms with Crippen molar-refractivity contribution in [1.29, 1.82) is 5.26 Å². The average Bonchev–Trinajstić information content (AvgIpc) is 2.15. The summed E-state index contributed by atoms with van der Waals surface area (Å²) in [6, 6.07) is 7.89. The summed E-state index contributed by atoms with van der Waals surface area (Å²) in [5.74, 6) is -0.811. The van der Waals surface area contributed by atoms with Gasteiger partial charge >= 0.3 is 0 Å². The van der Waals surface area contributed by atoms with E-state index >= 15 is 0 Å². The molecule has 1 amide bonds. The molecule has 0 fully saturated rings. The van der Waals surface area contributed by atoms with Crippen LogP contribution in [0.2, 0.25) is 0 Å². The fraction of sp³-hybridized carbons (Fsp3) is 0.429. The first-order chi connectivity index (χ1) is 7.93. The summed E-state index contributed by atoms with van der Waals surface area (Å²) in [5, 5.41) is 11.7. The van der Waals surface area contributed by atoms with Gasteiger partial charge in [0, 0.05) is 5.69 Å². The maximum Gasteiger partial charge on any atom is 0.241 e. The summed E-state index contributed by atoms with van der Waals surface area (Å²) in [4.78, 5) is 11.9. The molecule has 0 saturated heterocycles. The Hall–Kier alpha value is -1.82. The molecule has 0 heterocycles. The molecule has 0 bridgehead atoms. The van der Waals surface area contributed by atoms with Crippen LogP contribution in [0.5, 0.6) is 0 Å². The molecule has 1 aromatic rings. The predicted octanol–water partition coefficient (Wildman–Crippen LogP) is 3.04. The van der Waals surface area contributed by atoms with Gasteiger partial charge in [0.2, 0.25) is 5.91 Å². The van der Waals surface area contributed by atoms with E-state index in [1.165, 1.54) is 0 Å². The third-order valence-electron chi connectivity index (χ3n) is 2.58. The normalized spacial score (nSPS) is 12.0. The topological polar surface area (TPSA) is 52.9 Å². The third-order valence-corrected chi connectivity index (χ3v) is 2.58. The van der Waals surface area contributed by atoms with Crippen LogP contribution in [-0.4, -0.2) is 5.91 Å². The third kappa shape index (κ3) is 3.60. The molecule has 1 N–H and O–H groups in total. The summed E-state index contributed by atoms with van der Waals surface area (Å²) in [6.07, 6.45) is 0. The van der Waals surface area contributed by atoms with Gasteiger partial charge in [-0.05, 0) is 43.0 Å². The average molecular weight is 230 g/mol. The monoisotopic (exact) mass is 230 g/mol. The molecule has 1 aromatic carbocycles. The van der Waals surface area contributed by atoms with Crippen LogP contribution in [-0.2, 0) is 4.79 Å². The highest BCUT2D eigenvalue weighted by Gasteiger charge is 2.21. The number of nitrogens with zero attached hydrogens (tertiary/aromatic N) is 1. The van der Waals surface area contributed by atoms with Gasteiger partial charge in [-0.3, -0.25) is 4.79 Å². The van der Waals surface area contributed by atoms with Crippen molar-refractivity contribution in [1.82, 2.24) is 0 Å². The van der Waals surface area contributed by atoms with Crippen LogP contribution < -0.4 is 5.32 Å². The van der Waals surface area contributed by atoms with Crippen molar-refractivity contribution >= 4 is 11.6 Å². The van der Waals surface area contributed by atoms with E-state index < -0.39 is 5.92 Å². The molecular weight excluding hydrogens is 212 g/mol. The van der Waals surface area contributed by atoms with Crippen molar-refractivity contribution in [3.63, 3.8) is 0 Å². The van der Waals surface area contributed by atoms with Crippen LogP contribution >= 0.6 is 0 Å². The summed E-state index contributed by atoms with van der Waals surface area (Å²) >= 11 is 0. The van der Waals surface area contributed by atoms with Crippen molar-refractivity contribution in [3.05, 3.63) is 29.3 Å². The van der Waals surface area contributed by atoms with Gasteiger partial charge in [-0.15, -0.1) is 0 Å². The summed E-state index contributed by atoms with van der Waals surface area (Å²) in [5.41, 5.74) is 2.95. The van der Waals surface area contributed by atoms with Gasteiger partial charge in [-0.1, -0.05) is 19.9 Å². The second kappa shape index (κ2) is 5.49. The molecular formula is C14H18N2O. The second-order valence-electron chi connectivity index (χ2n) is 4.72. The second-order valence-corrected chi connectivity index (χ2v) is 4.72. The summed E-state index contributed by atoms with van der Waals surface area (Å²) < 4.78 is 0. The molecule has 3 nitrogen and oxygen atoms in total. The zero-order valence-electron chi connectivity index (χ0n) is 10.7. The number of hydrogen-bond acceptors (Lipinski definition) is 2. The number of carbonyl (C=O) groups excluding carboxylic acids is 1. The minimum atomic E-state index is -0.601. The first-order valence-corrected chi connectivity index (χ1v) is 5.73. The molecule has 0 aliphatic carbocycles. The Balaban J connectivity index is 2.84. The highest BCUT2D eigenvalue weighted by atomic mass is 16.1. The Morgan fingerprint density at radius 2 is 1.76 bits per heavy atom. The van der Waals surface area contributed by atoms with E-state index in [1.54, 1.807) is 0 Å². The fourth-order valence-corrected chi connectivity index (χ4v) is 1.78. The SMILES string of the molecule is Cc1cc(C)cc(NC(=O)C(C#N)C(C)C)c1. The predicted molar refractivity (Wildman–Crippen MR) is 68.5 cm³/mol. The number of amides is 1. The smallest absolute Gasteiger partial charge is 0.241 e. The molecule has 0 aliphatic heterocycles. The number of rotatable bonds is 3. The molecule has 17 heavy (non-hydrogen) atoms. The van der Waals surface area contributed by atoms with Gasteiger partial charge in [-0.25, -0.2) is 0 Å². The summed E-state index contributed by atoms with van der Waals surface area (Å²) in [6.45, 7) is 7.70. The Morgan fingerprint density at radius 3 is 2.18 bits per heavy atom. The van der Waals surface area contributed by atoms with Gasteiger partial charge in [0.1, 0.15) is 5.92 Å². The van der Waals surface area contributed by atoms with Crippen molar-refractivity contribution < 1.29 is 4.79 Å². The standard InChI is InChI=1S/C14H18N2O/c1-9(2)13(8-15)14(17)16-12-6-10(3)5-11(4)7-12/h5-7,9,13H,1-4H3,(H,16,17). The molecule has 0 radical (unpaired) electrons. The number of aryl methyl sites for hydroxylation is 2. The fourth-order valence-electron chi connectivity index (χ4n) is 1.78. The van der Waals surface area contributed by atoms with Crippen molar-refractivity contribution in [2.75, 3.05) is 5.32 Å². The van der Waals surface area contributed by atoms with E-state index in [0.29, 0.717) is 0 Å². The Labute approximate surface area is 102 Å². The lowest BCUT2D eigenvalue weighted by Crippen LogP contribution is -2.25. The number of nitriles is 1. The first kappa shape index (κ1) is 13.2. The lowest BCUT2D eigenvalue weighted by atomic mass is 9.96. The first-order valence-electron chi connectivity index (χ1n) is 5.73. The molecule has 0 aromatic heterocycles. The van der Waals surface area contributed by atoms with Gasteiger partial charge in [0.15, 0.2) is 0 Å². The lowest BCUT2D eigenvalue weighted by Gasteiger charge is -2.13. The van der Waals surface area contributed by atoms with Crippen molar-refractivity contribution in [2.45, 2.75) is 27.7 Å². The van der Waals surface area contributed by atoms with Crippen molar-refractivity contribution in [3.8, 4) is 6.07 Å². The molecule has 1 atom stereocenters.